The van der Waals surface area contributed by atoms with Gasteiger partial charge < -0.3 is 10.1 Å². The maximum Gasteiger partial charge on any atom is 0.262 e. The first-order chi connectivity index (χ1) is 13.9. The fourth-order valence-corrected chi connectivity index (χ4v) is 4.11. The van der Waals surface area contributed by atoms with Crippen LogP contribution in [0.1, 0.15) is 21.5 Å². The summed E-state index contributed by atoms with van der Waals surface area (Å²) < 4.78 is 33.3. The minimum Gasteiger partial charge on any atom is -0.497 e. The van der Waals surface area contributed by atoms with Crippen molar-refractivity contribution in [3.05, 3.63) is 89.5 Å². The predicted octanol–water partition coefficient (Wildman–Crippen LogP) is 3.73. The number of methoxy groups -OCH3 is 1. The van der Waals surface area contributed by atoms with E-state index in [0.717, 1.165) is 5.56 Å². The molecule has 0 fully saturated rings. The van der Waals surface area contributed by atoms with Gasteiger partial charge in [0, 0.05) is 17.8 Å². The average Bonchev–Trinajstić information content (AvgIpc) is 2.73. The fraction of sp³-hybridized carbons (Fsp3) is 0.136. The van der Waals surface area contributed by atoms with Crippen molar-refractivity contribution in [2.45, 2.75) is 18.4 Å². The molecule has 0 atom stereocenters. The van der Waals surface area contributed by atoms with Crippen molar-refractivity contribution in [2.75, 3.05) is 11.8 Å². The lowest BCUT2D eigenvalue weighted by atomic mass is 10.1. The number of benzene rings is 3. The normalized spacial score (nSPS) is 11.0. The van der Waals surface area contributed by atoms with E-state index >= 15 is 0 Å². The van der Waals surface area contributed by atoms with Crippen LogP contribution in [0, 0.1) is 6.92 Å². The van der Waals surface area contributed by atoms with Crippen LogP contribution in [0.2, 0.25) is 0 Å². The summed E-state index contributed by atoms with van der Waals surface area (Å²) in [6.07, 6.45) is 0. The van der Waals surface area contributed by atoms with E-state index in [0.29, 0.717) is 23.5 Å². The quantitative estimate of drug-likeness (QED) is 0.622. The van der Waals surface area contributed by atoms with Crippen LogP contribution < -0.4 is 14.8 Å². The predicted molar refractivity (Wildman–Crippen MR) is 113 cm³/mol. The number of carbonyl (C=O) groups is 1. The summed E-state index contributed by atoms with van der Waals surface area (Å²) >= 11 is 0. The molecule has 0 saturated heterocycles. The van der Waals surface area contributed by atoms with Crippen molar-refractivity contribution in [1.29, 1.82) is 0 Å². The molecular weight excluding hydrogens is 388 g/mol. The second-order valence-corrected chi connectivity index (χ2v) is 8.13. The molecule has 3 rings (SSSR count). The van der Waals surface area contributed by atoms with Gasteiger partial charge in [-0.25, -0.2) is 8.42 Å². The Balaban J connectivity index is 1.78. The highest BCUT2D eigenvalue weighted by Crippen LogP contribution is 2.22. The summed E-state index contributed by atoms with van der Waals surface area (Å²) in [5.41, 5.74) is 2.19. The number of amides is 1. The Bertz CT molecular complexity index is 1100. The first-order valence-electron chi connectivity index (χ1n) is 8.99. The summed E-state index contributed by atoms with van der Waals surface area (Å²) in [5.74, 6) is 0.288. The average molecular weight is 410 g/mol. The van der Waals surface area contributed by atoms with Gasteiger partial charge in [0.25, 0.3) is 15.9 Å². The van der Waals surface area contributed by atoms with Gasteiger partial charge in [-0.2, -0.15) is 0 Å². The molecule has 0 heterocycles. The van der Waals surface area contributed by atoms with Crippen LogP contribution in [-0.2, 0) is 16.6 Å². The summed E-state index contributed by atoms with van der Waals surface area (Å²) in [6, 6.07) is 20.7. The Morgan fingerprint density at radius 1 is 0.966 bits per heavy atom. The van der Waals surface area contributed by atoms with E-state index in [1.54, 1.807) is 43.3 Å². The summed E-state index contributed by atoms with van der Waals surface area (Å²) in [6.45, 7) is 2.05. The van der Waals surface area contributed by atoms with Gasteiger partial charge in [-0.15, -0.1) is 0 Å². The van der Waals surface area contributed by atoms with Crippen LogP contribution >= 0.6 is 0 Å². The number of anilines is 1. The standard InChI is InChI=1S/C22H22N2O4S/c1-16-8-9-18(22(25)23-15-17-6-4-3-5-7-17)14-21(16)29(26,27)24-19-10-12-20(28-2)13-11-19/h3-14,24H,15H2,1-2H3,(H,23,25). The number of rotatable bonds is 7. The van der Waals surface area contributed by atoms with Crippen molar-refractivity contribution in [2.24, 2.45) is 0 Å². The summed E-state index contributed by atoms with van der Waals surface area (Å²) in [4.78, 5) is 12.6. The second-order valence-electron chi connectivity index (χ2n) is 6.48. The molecule has 1 amide bonds. The van der Waals surface area contributed by atoms with Crippen molar-refractivity contribution in [3.63, 3.8) is 0 Å². The molecule has 150 valence electrons. The molecule has 0 aliphatic carbocycles. The van der Waals surface area contributed by atoms with E-state index in [1.807, 2.05) is 30.3 Å². The largest absolute Gasteiger partial charge is 0.497 e. The van der Waals surface area contributed by atoms with Gasteiger partial charge in [0.05, 0.1) is 12.0 Å². The summed E-state index contributed by atoms with van der Waals surface area (Å²) in [7, 11) is -2.32. The number of ether oxygens (including phenoxy) is 1. The van der Waals surface area contributed by atoms with E-state index in [-0.39, 0.29) is 16.4 Å². The van der Waals surface area contributed by atoms with E-state index in [1.165, 1.54) is 13.2 Å². The number of hydrogen-bond acceptors (Lipinski definition) is 4. The zero-order valence-corrected chi connectivity index (χ0v) is 17.0. The molecule has 0 aliphatic rings. The Morgan fingerprint density at radius 2 is 1.66 bits per heavy atom. The van der Waals surface area contributed by atoms with Gasteiger partial charge in [-0.05, 0) is 54.4 Å². The minimum atomic E-state index is -3.86. The Labute approximate surface area is 170 Å². The lowest BCUT2D eigenvalue weighted by molar-refractivity contribution is 0.0950. The topological polar surface area (TPSA) is 84.5 Å². The van der Waals surface area contributed by atoms with Crippen LogP contribution in [0.5, 0.6) is 5.75 Å². The highest BCUT2D eigenvalue weighted by atomic mass is 32.2. The van der Waals surface area contributed by atoms with Gasteiger partial charge in [0.1, 0.15) is 5.75 Å². The van der Waals surface area contributed by atoms with Crippen LogP contribution in [0.3, 0.4) is 0 Å². The number of carbonyl (C=O) groups excluding carboxylic acids is 1. The second kappa shape index (κ2) is 8.79. The maximum atomic E-state index is 12.9. The number of aryl methyl sites for hydroxylation is 1. The van der Waals surface area contributed by atoms with Gasteiger partial charge in [0.2, 0.25) is 0 Å². The smallest absolute Gasteiger partial charge is 0.262 e. The van der Waals surface area contributed by atoms with Crippen molar-refractivity contribution in [1.82, 2.24) is 5.32 Å². The Hall–Kier alpha value is -3.32. The lowest BCUT2D eigenvalue weighted by Crippen LogP contribution is -2.23. The number of hydrogen-bond donors (Lipinski definition) is 2. The van der Waals surface area contributed by atoms with Crippen molar-refractivity contribution >= 4 is 21.6 Å². The third-order valence-corrected chi connectivity index (χ3v) is 5.90. The molecule has 0 unspecified atom stereocenters. The third kappa shape index (κ3) is 5.14. The van der Waals surface area contributed by atoms with Crippen molar-refractivity contribution < 1.29 is 17.9 Å². The highest BCUT2D eigenvalue weighted by molar-refractivity contribution is 7.92. The summed E-state index contributed by atoms with van der Waals surface area (Å²) in [5, 5.41) is 2.81. The molecular formula is C22H22N2O4S. The Kier molecular flexibility index (Phi) is 6.19. The Morgan fingerprint density at radius 3 is 2.31 bits per heavy atom. The van der Waals surface area contributed by atoms with Crippen LogP contribution in [0.15, 0.2) is 77.7 Å². The van der Waals surface area contributed by atoms with Crippen molar-refractivity contribution in [3.8, 4) is 5.75 Å². The molecule has 2 N–H and O–H groups in total. The van der Waals surface area contributed by atoms with Crippen LogP contribution in [0.4, 0.5) is 5.69 Å². The SMILES string of the molecule is COc1ccc(NS(=O)(=O)c2cc(C(=O)NCc3ccccc3)ccc2C)cc1. The molecule has 29 heavy (non-hydrogen) atoms. The monoisotopic (exact) mass is 410 g/mol. The molecule has 0 spiro atoms. The van der Waals surface area contributed by atoms with E-state index in [9.17, 15) is 13.2 Å². The minimum absolute atomic E-state index is 0.0562. The number of sulfonamides is 1. The van der Waals surface area contributed by atoms with E-state index < -0.39 is 10.0 Å². The maximum absolute atomic E-state index is 12.9. The zero-order chi connectivity index (χ0) is 20.9. The number of nitrogens with one attached hydrogen (secondary N) is 2. The molecule has 3 aromatic rings. The molecule has 6 nitrogen and oxygen atoms in total. The molecule has 7 heteroatoms. The molecule has 0 aromatic heterocycles. The van der Waals surface area contributed by atoms with Gasteiger partial charge in [-0.3, -0.25) is 9.52 Å². The molecule has 0 bridgehead atoms. The first kappa shape index (κ1) is 20.4. The molecule has 0 radical (unpaired) electrons. The van der Waals surface area contributed by atoms with Crippen LogP contribution in [0.25, 0.3) is 0 Å². The van der Waals surface area contributed by atoms with Gasteiger partial charge >= 0.3 is 0 Å². The van der Waals surface area contributed by atoms with Gasteiger partial charge in [-0.1, -0.05) is 36.4 Å². The van der Waals surface area contributed by atoms with E-state index in [4.69, 9.17) is 4.74 Å². The molecule has 0 aliphatic heterocycles. The lowest BCUT2D eigenvalue weighted by Gasteiger charge is -2.13. The highest BCUT2D eigenvalue weighted by Gasteiger charge is 2.19. The fourth-order valence-electron chi connectivity index (χ4n) is 2.78. The molecule has 3 aromatic carbocycles. The zero-order valence-electron chi connectivity index (χ0n) is 16.2. The van der Waals surface area contributed by atoms with Crippen LogP contribution in [-0.4, -0.2) is 21.4 Å². The van der Waals surface area contributed by atoms with Gasteiger partial charge in [0.15, 0.2) is 0 Å². The molecule has 0 saturated carbocycles. The first-order valence-corrected chi connectivity index (χ1v) is 10.5. The third-order valence-electron chi connectivity index (χ3n) is 4.38. The van der Waals surface area contributed by atoms with E-state index in [2.05, 4.69) is 10.0 Å².